The molecule has 0 saturated carbocycles. The number of thiophene rings is 1. The maximum Gasteiger partial charge on any atom is 0.0375 e. The lowest BCUT2D eigenvalue weighted by molar-refractivity contribution is 1.11. The van der Waals surface area contributed by atoms with Gasteiger partial charge in [0, 0.05) is 41.3 Å². The van der Waals surface area contributed by atoms with Crippen LogP contribution in [-0.2, 0) is 6.54 Å². The van der Waals surface area contributed by atoms with E-state index in [-0.39, 0.29) is 0 Å². The van der Waals surface area contributed by atoms with Crippen LogP contribution in [0.1, 0.15) is 9.75 Å². The minimum atomic E-state index is 0.565. The highest BCUT2D eigenvalue weighted by Crippen LogP contribution is 2.22. The molecule has 4 heteroatoms. The lowest BCUT2D eigenvalue weighted by Gasteiger charge is -1.95. The van der Waals surface area contributed by atoms with E-state index in [1.165, 1.54) is 6.21 Å². The van der Waals surface area contributed by atoms with Gasteiger partial charge in [0.2, 0.25) is 0 Å². The van der Waals surface area contributed by atoms with E-state index in [4.69, 9.17) is 11.1 Å². The lowest BCUT2D eigenvalue weighted by Crippen LogP contribution is -1.95. The third-order valence-corrected chi connectivity index (χ3v) is 2.76. The first-order chi connectivity index (χ1) is 6.31. The van der Waals surface area contributed by atoms with Gasteiger partial charge in [-0.15, -0.1) is 11.3 Å². The smallest absolute Gasteiger partial charge is 0.0375 e. The number of rotatable bonds is 4. The van der Waals surface area contributed by atoms with Crippen molar-refractivity contribution in [1.29, 1.82) is 5.41 Å². The van der Waals surface area contributed by atoms with Gasteiger partial charge >= 0.3 is 0 Å². The maximum absolute atomic E-state index is 7.21. The van der Waals surface area contributed by atoms with Crippen molar-refractivity contribution in [1.82, 2.24) is 5.32 Å². The molecule has 1 rings (SSSR count). The van der Waals surface area contributed by atoms with E-state index in [1.54, 1.807) is 17.5 Å². The largest absolute Gasteiger partial charge is 0.393 e. The zero-order chi connectivity index (χ0) is 9.68. The van der Waals surface area contributed by atoms with Crippen molar-refractivity contribution in [2.24, 2.45) is 5.73 Å². The molecule has 0 aromatic carbocycles. The first kappa shape index (κ1) is 9.95. The Balaban J connectivity index is 2.91. The first-order valence-electron chi connectivity index (χ1n) is 3.99. The summed E-state index contributed by atoms with van der Waals surface area (Å²) in [6.07, 6.45) is 3.14. The van der Waals surface area contributed by atoms with Crippen LogP contribution >= 0.6 is 11.3 Å². The first-order valence-corrected chi connectivity index (χ1v) is 4.80. The summed E-state index contributed by atoms with van der Waals surface area (Å²) in [5.41, 5.74) is 6.38. The summed E-state index contributed by atoms with van der Waals surface area (Å²) < 4.78 is 0. The molecule has 0 spiro atoms. The van der Waals surface area contributed by atoms with Gasteiger partial charge < -0.3 is 16.5 Å². The lowest BCUT2D eigenvalue weighted by atomic mass is 10.2. The number of hydrogen-bond donors (Lipinski definition) is 3. The zero-order valence-electron chi connectivity index (χ0n) is 7.50. The Hall–Kier alpha value is -1.13. The Morgan fingerprint density at radius 1 is 1.69 bits per heavy atom. The van der Waals surface area contributed by atoms with Crippen LogP contribution in [0.2, 0.25) is 0 Å². The van der Waals surface area contributed by atoms with E-state index >= 15 is 0 Å². The van der Waals surface area contributed by atoms with Gasteiger partial charge in [0.1, 0.15) is 0 Å². The molecule has 0 atom stereocenters. The van der Waals surface area contributed by atoms with Gasteiger partial charge in [-0.3, -0.25) is 0 Å². The molecule has 0 aliphatic carbocycles. The molecule has 0 saturated heterocycles. The van der Waals surface area contributed by atoms with Crippen molar-refractivity contribution >= 4 is 23.1 Å². The Morgan fingerprint density at radius 3 is 2.92 bits per heavy atom. The second-order valence-corrected chi connectivity index (χ2v) is 3.67. The molecule has 0 aliphatic heterocycles. The van der Waals surface area contributed by atoms with E-state index in [0.717, 1.165) is 15.3 Å². The summed E-state index contributed by atoms with van der Waals surface area (Å²) in [6.45, 7) is 0.565. The predicted molar refractivity (Wildman–Crippen MR) is 58.0 cm³/mol. The molecule has 0 amide bonds. The highest BCUT2D eigenvalue weighted by Gasteiger charge is 2.01. The second-order valence-electron chi connectivity index (χ2n) is 2.50. The Bertz CT molecular complexity index is 314. The van der Waals surface area contributed by atoms with Gasteiger partial charge in [0.05, 0.1) is 0 Å². The zero-order valence-corrected chi connectivity index (χ0v) is 8.32. The topological polar surface area (TPSA) is 61.9 Å². The molecule has 13 heavy (non-hydrogen) atoms. The van der Waals surface area contributed by atoms with Gasteiger partial charge in [-0.25, -0.2) is 0 Å². The fraction of sp³-hybridized carbons (Fsp3) is 0.222. The highest BCUT2D eigenvalue weighted by atomic mass is 32.1. The summed E-state index contributed by atoms with van der Waals surface area (Å²) in [5, 5.41) is 10.1. The molecule has 0 aliphatic rings. The molecule has 4 N–H and O–H groups in total. The number of hydrogen-bond acceptors (Lipinski definition) is 4. The highest BCUT2D eigenvalue weighted by molar-refractivity contribution is 7.13. The Kier molecular flexibility index (Phi) is 3.67. The van der Waals surface area contributed by atoms with Gasteiger partial charge in [0.15, 0.2) is 0 Å². The molecule has 0 fully saturated rings. The van der Waals surface area contributed by atoms with Crippen molar-refractivity contribution in [3.8, 4) is 0 Å². The van der Waals surface area contributed by atoms with Gasteiger partial charge in [-0.05, 0) is 12.1 Å². The van der Waals surface area contributed by atoms with Gasteiger partial charge in [-0.1, -0.05) is 0 Å². The van der Waals surface area contributed by atoms with Crippen molar-refractivity contribution in [3.05, 3.63) is 28.1 Å². The number of allylic oxidation sites excluding steroid dienone is 1. The summed E-state index contributed by atoms with van der Waals surface area (Å²) in [5.74, 6) is 0. The van der Waals surface area contributed by atoms with Gasteiger partial charge in [0.25, 0.3) is 0 Å². The summed E-state index contributed by atoms with van der Waals surface area (Å²) in [4.78, 5) is 2.21. The van der Waals surface area contributed by atoms with Gasteiger partial charge in [-0.2, -0.15) is 0 Å². The molecule has 0 bridgehead atoms. The van der Waals surface area contributed by atoms with Crippen LogP contribution in [0.4, 0.5) is 0 Å². The minimum absolute atomic E-state index is 0.565. The van der Waals surface area contributed by atoms with Crippen LogP contribution in [0.25, 0.3) is 5.57 Å². The predicted octanol–water partition coefficient (Wildman–Crippen LogP) is 1.42. The van der Waals surface area contributed by atoms with Crippen LogP contribution < -0.4 is 11.1 Å². The molecule has 1 aromatic heterocycles. The molecule has 1 heterocycles. The van der Waals surface area contributed by atoms with Crippen molar-refractivity contribution < 1.29 is 0 Å². The third-order valence-electron chi connectivity index (χ3n) is 1.60. The molecular formula is C9H13N3S. The molecule has 0 radical (unpaired) electrons. The number of nitrogens with two attached hydrogens (primary N) is 1. The average Bonchev–Trinajstić information content (AvgIpc) is 2.62. The van der Waals surface area contributed by atoms with Crippen LogP contribution in [0, 0.1) is 5.41 Å². The minimum Gasteiger partial charge on any atom is -0.393 e. The van der Waals surface area contributed by atoms with E-state index < -0.39 is 0 Å². The normalized spacial score (nSPS) is 11.4. The van der Waals surface area contributed by atoms with E-state index in [1.807, 2.05) is 19.2 Å². The van der Waals surface area contributed by atoms with Crippen molar-refractivity contribution in [3.63, 3.8) is 0 Å². The van der Waals surface area contributed by atoms with Crippen LogP contribution in [0.3, 0.4) is 0 Å². The Morgan fingerprint density at radius 2 is 2.46 bits per heavy atom. The van der Waals surface area contributed by atoms with Crippen molar-refractivity contribution in [2.45, 2.75) is 6.54 Å². The van der Waals surface area contributed by atoms with Crippen LogP contribution in [0.15, 0.2) is 18.3 Å². The molecule has 70 valence electrons. The average molecular weight is 195 g/mol. The molecule has 0 unspecified atom stereocenters. The maximum atomic E-state index is 7.21. The summed E-state index contributed by atoms with van der Waals surface area (Å²) in [6, 6.07) is 3.98. The number of nitrogens with one attached hydrogen (secondary N) is 2. The van der Waals surface area contributed by atoms with E-state index in [0.29, 0.717) is 6.54 Å². The fourth-order valence-electron chi connectivity index (χ4n) is 0.982. The van der Waals surface area contributed by atoms with Crippen LogP contribution in [0.5, 0.6) is 0 Å². The van der Waals surface area contributed by atoms with E-state index in [2.05, 4.69) is 5.32 Å². The molecule has 1 aromatic rings. The molecule has 3 nitrogen and oxygen atoms in total. The van der Waals surface area contributed by atoms with Crippen molar-refractivity contribution in [2.75, 3.05) is 7.05 Å². The monoisotopic (exact) mass is 195 g/mol. The standard InChI is InChI=1S/C9H13N3S/c1-12-6-7(4-10)9-3-2-8(5-11)13-9/h2-4,6,10,12H,5,11H2,1H3/b7-6+,10-4?. The van der Waals surface area contributed by atoms with Crippen LogP contribution in [-0.4, -0.2) is 13.3 Å². The Labute approximate surface area is 81.8 Å². The molecular weight excluding hydrogens is 182 g/mol. The quantitative estimate of drug-likeness (QED) is 0.636. The summed E-state index contributed by atoms with van der Waals surface area (Å²) >= 11 is 1.62. The fourth-order valence-corrected chi connectivity index (χ4v) is 1.86. The third kappa shape index (κ3) is 2.40. The van der Waals surface area contributed by atoms with E-state index in [9.17, 15) is 0 Å². The summed E-state index contributed by atoms with van der Waals surface area (Å²) in [7, 11) is 1.82. The SMILES string of the molecule is CN/C=C(\C=N)c1ccc(CN)s1. The second kappa shape index (κ2) is 4.79.